The molecule has 0 radical (unpaired) electrons. The van der Waals surface area contributed by atoms with Crippen LogP contribution in [0.25, 0.3) is 11.1 Å². The number of nitrogens with zero attached hydrogens (tertiary/aromatic N) is 3. The fourth-order valence-corrected chi connectivity index (χ4v) is 2.85. The topological polar surface area (TPSA) is 90.6 Å². The fraction of sp³-hybridized carbons (Fsp3) is 0.188. The number of nitrogens with two attached hydrogens (primary N) is 1. The first kappa shape index (κ1) is 17.9. The number of rotatable bonds is 3. The predicted molar refractivity (Wildman–Crippen MR) is 90.5 cm³/mol. The first-order valence-electron chi connectivity index (χ1n) is 7.43. The van der Waals surface area contributed by atoms with Crippen LogP contribution in [0.15, 0.2) is 24.8 Å². The molecule has 2 heterocycles. The molecule has 26 heavy (non-hydrogen) atoms. The lowest BCUT2D eigenvalue weighted by Crippen LogP contribution is -2.32. The number of benzene rings is 1. The fourth-order valence-electron chi connectivity index (χ4n) is 2.59. The van der Waals surface area contributed by atoms with Gasteiger partial charge in [-0.05, 0) is 0 Å². The molecule has 1 amide bonds. The number of hydrogen-bond acceptors (Lipinski definition) is 6. The van der Waals surface area contributed by atoms with Crippen molar-refractivity contribution in [2.24, 2.45) is 5.73 Å². The minimum atomic E-state index is -1.13. The molecule has 0 fully saturated rings. The lowest BCUT2D eigenvalue weighted by Gasteiger charge is -2.28. The van der Waals surface area contributed by atoms with E-state index in [-0.39, 0.29) is 40.5 Å². The molecule has 0 aliphatic carbocycles. The van der Waals surface area contributed by atoms with E-state index < -0.39 is 17.7 Å². The van der Waals surface area contributed by atoms with Crippen molar-refractivity contribution in [1.29, 1.82) is 0 Å². The lowest BCUT2D eigenvalue weighted by molar-refractivity contribution is 0.207. The normalized spacial score (nSPS) is 13.0. The molecular formula is C16H13ClF2N4O3. The van der Waals surface area contributed by atoms with Crippen molar-refractivity contribution >= 4 is 23.5 Å². The molecule has 0 bridgehead atoms. The maximum absolute atomic E-state index is 14.5. The minimum Gasteiger partial charge on any atom is -0.491 e. The van der Waals surface area contributed by atoms with Gasteiger partial charge in [0.15, 0.2) is 0 Å². The van der Waals surface area contributed by atoms with Crippen LogP contribution in [0, 0.1) is 11.6 Å². The second-order valence-corrected chi connectivity index (χ2v) is 5.62. The number of halogens is 3. The van der Waals surface area contributed by atoms with Gasteiger partial charge in [0.25, 0.3) is 0 Å². The van der Waals surface area contributed by atoms with Crippen molar-refractivity contribution in [3.05, 3.63) is 41.6 Å². The summed E-state index contributed by atoms with van der Waals surface area (Å²) in [5.74, 6) is -1.54. The third kappa shape index (κ3) is 3.38. The van der Waals surface area contributed by atoms with E-state index in [4.69, 9.17) is 26.8 Å². The highest BCUT2D eigenvalue weighted by atomic mass is 35.5. The second-order valence-electron chi connectivity index (χ2n) is 5.26. The Labute approximate surface area is 152 Å². The van der Waals surface area contributed by atoms with Crippen LogP contribution < -0.4 is 20.1 Å². The predicted octanol–water partition coefficient (Wildman–Crippen LogP) is 2.92. The molecule has 1 aromatic heterocycles. The number of ether oxygens (including phenoxy) is 2. The van der Waals surface area contributed by atoms with Crippen LogP contribution in [-0.2, 0) is 0 Å². The van der Waals surface area contributed by atoms with Gasteiger partial charge < -0.3 is 20.1 Å². The summed E-state index contributed by atoms with van der Waals surface area (Å²) in [5.41, 5.74) is 4.97. The van der Waals surface area contributed by atoms with Gasteiger partial charge >= 0.3 is 12.1 Å². The Hall–Kier alpha value is -2.94. The summed E-state index contributed by atoms with van der Waals surface area (Å²) in [6.07, 6.45) is 0.469. The van der Waals surface area contributed by atoms with Crippen LogP contribution in [0.4, 0.5) is 19.4 Å². The summed E-state index contributed by atoms with van der Waals surface area (Å²) < 4.78 is 38.3. The van der Waals surface area contributed by atoms with Crippen molar-refractivity contribution in [3.8, 4) is 22.9 Å². The number of fused-ring (bicyclic) bond motifs is 3. The van der Waals surface area contributed by atoms with Crippen LogP contribution in [0.1, 0.15) is 0 Å². The minimum absolute atomic E-state index is 0.0314. The zero-order chi connectivity index (χ0) is 18.8. The Morgan fingerprint density at radius 2 is 2.19 bits per heavy atom. The van der Waals surface area contributed by atoms with E-state index in [1.165, 1.54) is 0 Å². The van der Waals surface area contributed by atoms with Gasteiger partial charge in [0.05, 0.1) is 17.7 Å². The van der Waals surface area contributed by atoms with Crippen LogP contribution in [0.3, 0.4) is 0 Å². The van der Waals surface area contributed by atoms with Gasteiger partial charge in [-0.25, -0.2) is 13.6 Å². The zero-order valence-corrected chi connectivity index (χ0v) is 14.1. The third-order valence-corrected chi connectivity index (χ3v) is 3.83. The standard InChI is InChI=1S/C16H13ClF2N4O3/c1-2-3-23-4-5-25-10-7-8(18)6-9(19)11(10)12-13(17)21-16(22-14(12)23)26-15(20)24/h2,6-7H,1,3-5H2,(H2,20,24). The Balaban J connectivity index is 2.29. The van der Waals surface area contributed by atoms with E-state index >= 15 is 0 Å². The van der Waals surface area contributed by atoms with Crippen LogP contribution in [0.5, 0.6) is 11.8 Å². The van der Waals surface area contributed by atoms with Gasteiger partial charge in [-0.2, -0.15) is 9.97 Å². The summed E-state index contributed by atoms with van der Waals surface area (Å²) >= 11 is 6.21. The highest BCUT2D eigenvalue weighted by molar-refractivity contribution is 6.33. The SMILES string of the molecule is C=CCN1CCOc2cc(F)cc(F)c2-c2c(Cl)nc(OC(N)=O)nc21. The number of hydrogen-bond donors (Lipinski definition) is 1. The highest BCUT2D eigenvalue weighted by Gasteiger charge is 2.28. The van der Waals surface area contributed by atoms with Gasteiger partial charge in [-0.1, -0.05) is 17.7 Å². The number of primary amides is 1. The van der Waals surface area contributed by atoms with Crippen molar-refractivity contribution in [1.82, 2.24) is 9.97 Å². The molecule has 0 saturated carbocycles. The Kier molecular flexibility index (Phi) is 4.90. The van der Waals surface area contributed by atoms with Crippen LogP contribution in [0.2, 0.25) is 5.15 Å². The van der Waals surface area contributed by atoms with E-state index in [9.17, 15) is 13.6 Å². The van der Waals surface area contributed by atoms with Crippen LogP contribution >= 0.6 is 11.6 Å². The summed E-state index contributed by atoms with van der Waals surface area (Å²) in [6, 6.07) is 1.37. The number of aromatic nitrogens is 2. The van der Waals surface area contributed by atoms with Crippen molar-refractivity contribution in [2.75, 3.05) is 24.6 Å². The summed E-state index contributed by atoms with van der Waals surface area (Å²) in [6.45, 7) is 4.41. The Bertz CT molecular complexity index is 894. The summed E-state index contributed by atoms with van der Waals surface area (Å²) in [7, 11) is 0. The van der Waals surface area contributed by atoms with E-state index in [0.717, 1.165) is 6.07 Å². The Morgan fingerprint density at radius 1 is 1.42 bits per heavy atom. The van der Waals surface area contributed by atoms with Gasteiger partial charge in [0, 0.05) is 18.7 Å². The average molecular weight is 383 g/mol. The molecule has 3 rings (SSSR count). The van der Waals surface area contributed by atoms with Gasteiger partial charge in [0.2, 0.25) is 0 Å². The monoisotopic (exact) mass is 382 g/mol. The first-order chi connectivity index (χ1) is 12.4. The average Bonchev–Trinajstić information content (AvgIpc) is 2.52. The molecule has 10 heteroatoms. The molecule has 0 spiro atoms. The van der Waals surface area contributed by atoms with Crippen molar-refractivity contribution < 1.29 is 23.0 Å². The molecule has 0 atom stereocenters. The van der Waals surface area contributed by atoms with E-state index in [1.807, 2.05) is 0 Å². The van der Waals surface area contributed by atoms with Crippen molar-refractivity contribution in [2.45, 2.75) is 0 Å². The molecular weight excluding hydrogens is 370 g/mol. The largest absolute Gasteiger partial charge is 0.491 e. The Morgan fingerprint density at radius 3 is 2.88 bits per heavy atom. The second kappa shape index (κ2) is 7.12. The molecule has 7 nitrogen and oxygen atoms in total. The maximum Gasteiger partial charge on any atom is 0.412 e. The highest BCUT2D eigenvalue weighted by Crippen LogP contribution is 2.43. The smallest absolute Gasteiger partial charge is 0.412 e. The van der Waals surface area contributed by atoms with E-state index in [1.54, 1.807) is 11.0 Å². The molecule has 0 saturated heterocycles. The van der Waals surface area contributed by atoms with Gasteiger partial charge in [0.1, 0.15) is 35.0 Å². The van der Waals surface area contributed by atoms with Crippen LogP contribution in [-0.4, -0.2) is 35.8 Å². The molecule has 0 unspecified atom stereocenters. The quantitative estimate of drug-likeness (QED) is 0.648. The first-order valence-corrected chi connectivity index (χ1v) is 7.81. The molecule has 1 aliphatic heterocycles. The zero-order valence-electron chi connectivity index (χ0n) is 13.3. The van der Waals surface area contributed by atoms with E-state index in [0.29, 0.717) is 19.2 Å². The summed E-state index contributed by atoms with van der Waals surface area (Å²) in [4.78, 5) is 20.6. The van der Waals surface area contributed by atoms with Gasteiger partial charge in [-0.15, -0.1) is 6.58 Å². The third-order valence-electron chi connectivity index (χ3n) is 3.55. The number of carbonyl (C=O) groups is 1. The lowest BCUT2D eigenvalue weighted by atomic mass is 10.0. The van der Waals surface area contributed by atoms with Gasteiger partial charge in [-0.3, -0.25) is 0 Å². The van der Waals surface area contributed by atoms with Crippen molar-refractivity contribution in [3.63, 3.8) is 0 Å². The van der Waals surface area contributed by atoms with E-state index in [2.05, 4.69) is 16.5 Å². The molecule has 1 aromatic carbocycles. The molecule has 136 valence electrons. The molecule has 1 aliphatic rings. The number of amides is 1. The molecule has 2 N–H and O–H groups in total. The molecule has 2 aromatic rings. The number of anilines is 1. The maximum atomic E-state index is 14.5. The summed E-state index contributed by atoms with van der Waals surface area (Å²) in [5, 5.41) is -0.211. The number of carbonyl (C=O) groups excluding carboxylic acids is 1.